The molecule has 1 radical (unpaired) electrons. The van der Waals surface area contributed by atoms with Crippen LogP contribution in [0.4, 0.5) is 9.18 Å². The molecule has 1 aromatic rings. The summed E-state index contributed by atoms with van der Waals surface area (Å²) < 4.78 is 23.3. The van der Waals surface area contributed by atoms with Crippen LogP contribution < -0.4 is 9.64 Å². The highest BCUT2D eigenvalue weighted by atomic mass is 19.1. The Kier molecular flexibility index (Phi) is 5.95. The van der Waals surface area contributed by atoms with E-state index in [0.717, 1.165) is 19.6 Å². The van der Waals surface area contributed by atoms with Gasteiger partial charge in [0, 0.05) is 6.54 Å². The van der Waals surface area contributed by atoms with Gasteiger partial charge in [0.25, 0.3) is 0 Å². The number of benzene rings is 1. The molecule has 1 aliphatic rings. The van der Waals surface area contributed by atoms with Gasteiger partial charge in [-0.15, -0.1) is 0 Å². The second-order valence-corrected chi connectivity index (χ2v) is 4.83. The predicted octanol–water partition coefficient (Wildman–Crippen LogP) is 1.82. The number of carbonyl (C=O) groups is 1. The molecule has 2 rings (SSSR count). The average Bonchev–Trinajstić information content (AvgIpc) is 2.50. The Morgan fingerprint density at radius 1 is 1.29 bits per heavy atom. The van der Waals surface area contributed by atoms with Gasteiger partial charge in [-0.05, 0) is 31.2 Å². The summed E-state index contributed by atoms with van der Waals surface area (Å²) >= 11 is 0. The van der Waals surface area contributed by atoms with E-state index >= 15 is 0 Å². The highest BCUT2D eigenvalue weighted by Gasteiger charge is 2.32. The van der Waals surface area contributed by atoms with Gasteiger partial charge in [-0.3, -0.25) is 4.90 Å². The van der Waals surface area contributed by atoms with Crippen LogP contribution in [0.25, 0.3) is 0 Å². The largest absolute Gasteiger partial charge is 0.566 e. The quantitative estimate of drug-likeness (QED) is 0.778. The fourth-order valence-electron chi connectivity index (χ4n) is 2.19. The standard InChI is InChI=1S/C15H21FN2O3/c1-2-20-15(19)18-9-7-17(8-10-18)11-12-21-14-5-3-13(16)4-6-14/h3-6H,2,7-12H2,1H3/q+1. The zero-order chi connectivity index (χ0) is 15.1. The summed E-state index contributed by atoms with van der Waals surface area (Å²) in [6.07, 6.45) is -0.236. The van der Waals surface area contributed by atoms with Crippen LogP contribution in [0.5, 0.6) is 5.75 Å². The van der Waals surface area contributed by atoms with E-state index < -0.39 is 0 Å². The molecule has 1 aliphatic heterocycles. The van der Waals surface area contributed by atoms with Crippen LogP contribution in [0, 0.1) is 5.82 Å². The lowest BCUT2D eigenvalue weighted by Crippen LogP contribution is -2.53. The number of hydrogen-bond acceptors (Lipinski definition) is 4. The van der Waals surface area contributed by atoms with Gasteiger partial charge in [0.2, 0.25) is 0 Å². The molecule has 6 heteroatoms. The molecule has 1 fully saturated rings. The Hall–Kier alpha value is -1.66. The van der Waals surface area contributed by atoms with Gasteiger partial charge in [-0.1, -0.05) is 4.90 Å². The number of rotatable bonds is 5. The summed E-state index contributed by atoms with van der Waals surface area (Å²) in [5.41, 5.74) is 0. The van der Waals surface area contributed by atoms with Crippen molar-refractivity contribution >= 4 is 6.09 Å². The number of ether oxygens (including phenoxy) is 2. The molecule has 1 heterocycles. The first-order valence-corrected chi connectivity index (χ1v) is 7.21. The second-order valence-electron chi connectivity index (χ2n) is 4.83. The van der Waals surface area contributed by atoms with Crippen LogP contribution in [0.15, 0.2) is 24.3 Å². The Morgan fingerprint density at radius 3 is 2.57 bits per heavy atom. The van der Waals surface area contributed by atoms with E-state index in [0.29, 0.717) is 32.1 Å². The Bertz CT molecular complexity index is 445. The Labute approximate surface area is 124 Å². The predicted molar refractivity (Wildman–Crippen MR) is 77.2 cm³/mol. The van der Waals surface area contributed by atoms with E-state index in [2.05, 4.69) is 4.90 Å². The third-order valence-electron chi connectivity index (χ3n) is 3.39. The van der Waals surface area contributed by atoms with Crippen molar-refractivity contribution < 1.29 is 18.7 Å². The van der Waals surface area contributed by atoms with Crippen LogP contribution in [-0.2, 0) is 4.74 Å². The van der Waals surface area contributed by atoms with E-state index in [1.807, 2.05) is 0 Å². The molecule has 5 nitrogen and oxygen atoms in total. The minimum atomic E-state index is -0.266. The van der Waals surface area contributed by atoms with Gasteiger partial charge >= 0.3 is 6.09 Å². The van der Waals surface area contributed by atoms with E-state index in [4.69, 9.17) is 9.47 Å². The minimum Gasteiger partial charge on any atom is -0.492 e. The molecule has 1 amide bonds. The van der Waals surface area contributed by atoms with Gasteiger partial charge in [0.15, 0.2) is 0 Å². The van der Waals surface area contributed by atoms with Crippen LogP contribution in [0.2, 0.25) is 0 Å². The number of carbonyl (C=O) groups excluding carboxylic acids is 1. The highest BCUT2D eigenvalue weighted by molar-refractivity contribution is 5.70. The van der Waals surface area contributed by atoms with Gasteiger partial charge in [-0.2, -0.15) is 4.79 Å². The Balaban J connectivity index is 1.65. The highest BCUT2D eigenvalue weighted by Crippen LogP contribution is 2.11. The van der Waals surface area contributed by atoms with E-state index in [1.165, 1.54) is 12.1 Å². The van der Waals surface area contributed by atoms with Crippen molar-refractivity contribution in [3.8, 4) is 5.75 Å². The van der Waals surface area contributed by atoms with Crippen molar-refractivity contribution in [1.29, 1.82) is 0 Å². The third-order valence-corrected chi connectivity index (χ3v) is 3.39. The van der Waals surface area contributed by atoms with Gasteiger partial charge in [0.05, 0.1) is 19.7 Å². The van der Waals surface area contributed by atoms with Crippen molar-refractivity contribution in [2.45, 2.75) is 6.92 Å². The maximum absolute atomic E-state index is 12.8. The maximum atomic E-state index is 12.8. The third kappa shape index (κ3) is 4.99. The summed E-state index contributed by atoms with van der Waals surface area (Å²) in [7, 11) is 0. The number of amides is 1. The topological polar surface area (TPSA) is 44.7 Å². The molecule has 115 valence electrons. The van der Waals surface area contributed by atoms with Gasteiger partial charge in [-0.25, -0.2) is 4.39 Å². The summed E-state index contributed by atoms with van der Waals surface area (Å²) in [5, 5.41) is 0. The smallest absolute Gasteiger partial charge is 0.492 e. The van der Waals surface area contributed by atoms with E-state index in [1.54, 1.807) is 24.0 Å². The van der Waals surface area contributed by atoms with Crippen molar-refractivity contribution in [3.05, 3.63) is 30.1 Å². The molecule has 0 unspecified atom stereocenters. The number of piperazine rings is 1. The van der Waals surface area contributed by atoms with Crippen LogP contribution in [-0.4, -0.2) is 56.9 Å². The maximum Gasteiger partial charge on any atom is 0.566 e. The molecule has 0 aromatic heterocycles. The molecule has 0 N–H and O–H groups in total. The number of halogens is 1. The Morgan fingerprint density at radius 2 is 1.95 bits per heavy atom. The van der Waals surface area contributed by atoms with Crippen molar-refractivity contribution in [1.82, 2.24) is 9.80 Å². The van der Waals surface area contributed by atoms with Crippen molar-refractivity contribution in [2.24, 2.45) is 0 Å². The summed E-state index contributed by atoms with van der Waals surface area (Å²) in [4.78, 5) is 15.5. The fraction of sp³-hybridized carbons (Fsp3) is 0.533. The number of nitrogens with zero attached hydrogens (tertiary/aromatic N) is 2. The van der Waals surface area contributed by atoms with Crippen LogP contribution >= 0.6 is 0 Å². The molecule has 0 bridgehead atoms. The second kappa shape index (κ2) is 7.95. The molecule has 21 heavy (non-hydrogen) atoms. The normalized spacial score (nSPS) is 16.7. The molecule has 1 aromatic carbocycles. The summed E-state index contributed by atoms with van der Waals surface area (Å²) in [6.45, 7) is 6.52. The summed E-state index contributed by atoms with van der Waals surface area (Å²) in [6, 6.07) is 6.00. The summed E-state index contributed by atoms with van der Waals surface area (Å²) in [5.74, 6) is 0.402. The SMILES string of the molecule is CCOC(=O)[N+]1CCN(CCOc2ccc(F)cc2)CC1. The molecular formula is C15H21FN2O3+. The van der Waals surface area contributed by atoms with Crippen molar-refractivity contribution in [3.63, 3.8) is 0 Å². The molecule has 0 aliphatic carbocycles. The first-order chi connectivity index (χ1) is 10.2. The first kappa shape index (κ1) is 15.7. The van der Waals surface area contributed by atoms with Crippen molar-refractivity contribution in [2.75, 3.05) is 45.9 Å². The van der Waals surface area contributed by atoms with Gasteiger partial charge in [0.1, 0.15) is 31.3 Å². The first-order valence-electron chi connectivity index (χ1n) is 7.21. The molecular weight excluding hydrogens is 275 g/mol. The lowest BCUT2D eigenvalue weighted by Gasteiger charge is -2.26. The lowest BCUT2D eigenvalue weighted by atomic mass is 10.3. The molecule has 1 saturated heterocycles. The van der Waals surface area contributed by atoms with Crippen LogP contribution in [0.3, 0.4) is 0 Å². The zero-order valence-corrected chi connectivity index (χ0v) is 12.3. The average molecular weight is 296 g/mol. The zero-order valence-electron chi connectivity index (χ0n) is 12.3. The van der Waals surface area contributed by atoms with E-state index in [-0.39, 0.29) is 11.9 Å². The molecule has 0 saturated carbocycles. The van der Waals surface area contributed by atoms with E-state index in [9.17, 15) is 9.18 Å². The molecule has 0 atom stereocenters. The lowest BCUT2D eigenvalue weighted by molar-refractivity contribution is 0.108. The van der Waals surface area contributed by atoms with Gasteiger partial charge < -0.3 is 9.47 Å². The minimum absolute atomic E-state index is 0.236. The number of hydrogen-bond donors (Lipinski definition) is 0. The monoisotopic (exact) mass is 296 g/mol. The van der Waals surface area contributed by atoms with Crippen LogP contribution in [0.1, 0.15) is 6.92 Å². The molecule has 0 spiro atoms. The fourth-order valence-corrected chi connectivity index (χ4v) is 2.19.